The number of aromatic amines is 1. The van der Waals surface area contributed by atoms with Crippen LogP contribution in [-0.4, -0.2) is 31.7 Å². The zero-order chi connectivity index (χ0) is 15.8. The zero-order valence-corrected chi connectivity index (χ0v) is 14.4. The number of rotatable bonds is 3. The fourth-order valence-corrected chi connectivity index (χ4v) is 3.91. The van der Waals surface area contributed by atoms with Crippen molar-refractivity contribution in [3.05, 3.63) is 15.9 Å². The molecule has 1 radical (unpaired) electrons. The zero-order valence-electron chi connectivity index (χ0n) is 13.4. The predicted octanol–water partition coefficient (Wildman–Crippen LogP) is 1.62. The summed E-state index contributed by atoms with van der Waals surface area (Å²) in [5, 5.41) is 3.24. The number of nitrogens with one attached hydrogen (secondary N) is 2. The number of H-pyrrole nitrogens is 1. The topological polar surface area (TPSA) is 93.0 Å². The summed E-state index contributed by atoms with van der Waals surface area (Å²) < 4.78 is 6.24. The lowest BCUT2D eigenvalue weighted by Crippen LogP contribution is -2.45. The van der Waals surface area contributed by atoms with Crippen molar-refractivity contribution < 1.29 is 4.43 Å². The molecule has 0 fully saturated rings. The SMILES string of the molecule is C[Si](C)OC(C1CNc2nc(N)[nH]c(=O)c2C1)C(C)(C)C. The molecule has 0 spiro atoms. The Morgan fingerprint density at radius 1 is 1.43 bits per heavy atom. The third-order valence-electron chi connectivity index (χ3n) is 3.68. The number of nitrogens with zero attached hydrogens (tertiary/aromatic N) is 1. The maximum atomic E-state index is 12.1. The van der Waals surface area contributed by atoms with Gasteiger partial charge in [-0.2, -0.15) is 4.98 Å². The van der Waals surface area contributed by atoms with Crippen molar-refractivity contribution in [2.45, 2.75) is 46.4 Å². The van der Waals surface area contributed by atoms with Gasteiger partial charge in [0.25, 0.3) is 5.56 Å². The van der Waals surface area contributed by atoms with E-state index in [1.54, 1.807) is 0 Å². The van der Waals surface area contributed by atoms with Gasteiger partial charge in [0.05, 0.1) is 11.7 Å². The van der Waals surface area contributed by atoms with Gasteiger partial charge < -0.3 is 15.5 Å². The lowest BCUT2D eigenvalue weighted by Gasteiger charge is -2.40. The van der Waals surface area contributed by atoms with Crippen LogP contribution in [0.1, 0.15) is 26.3 Å². The molecule has 117 valence electrons. The molecule has 7 heteroatoms. The second kappa shape index (κ2) is 5.80. The first-order valence-corrected chi connectivity index (χ1v) is 9.68. The molecule has 2 atom stereocenters. The summed E-state index contributed by atoms with van der Waals surface area (Å²) >= 11 is 0. The highest BCUT2D eigenvalue weighted by molar-refractivity contribution is 6.48. The third-order valence-corrected chi connectivity index (χ3v) is 4.40. The number of aromatic nitrogens is 2. The minimum absolute atomic E-state index is 0.0276. The van der Waals surface area contributed by atoms with Crippen LogP contribution in [0.2, 0.25) is 13.1 Å². The van der Waals surface area contributed by atoms with E-state index in [-0.39, 0.29) is 28.9 Å². The molecule has 4 N–H and O–H groups in total. The molecule has 6 nitrogen and oxygen atoms in total. The Labute approximate surface area is 127 Å². The third kappa shape index (κ3) is 3.65. The first-order chi connectivity index (χ1) is 9.68. The van der Waals surface area contributed by atoms with Gasteiger partial charge in [0.1, 0.15) is 5.82 Å². The van der Waals surface area contributed by atoms with Gasteiger partial charge in [-0.1, -0.05) is 20.8 Å². The largest absolute Gasteiger partial charge is 0.413 e. The van der Waals surface area contributed by atoms with Crippen LogP contribution in [0.4, 0.5) is 11.8 Å². The lowest BCUT2D eigenvalue weighted by molar-refractivity contribution is 0.0362. The van der Waals surface area contributed by atoms with E-state index in [4.69, 9.17) is 10.2 Å². The summed E-state index contributed by atoms with van der Waals surface area (Å²) in [4.78, 5) is 18.8. The van der Waals surface area contributed by atoms with E-state index in [1.165, 1.54) is 0 Å². The van der Waals surface area contributed by atoms with E-state index < -0.39 is 9.04 Å². The van der Waals surface area contributed by atoms with Gasteiger partial charge in [0.2, 0.25) is 15.0 Å². The van der Waals surface area contributed by atoms with Gasteiger partial charge >= 0.3 is 0 Å². The van der Waals surface area contributed by atoms with Crippen molar-refractivity contribution in [1.82, 2.24) is 9.97 Å². The van der Waals surface area contributed by atoms with Crippen molar-refractivity contribution >= 4 is 20.8 Å². The van der Waals surface area contributed by atoms with E-state index in [0.717, 1.165) is 6.54 Å². The Hall–Kier alpha value is -1.34. The average Bonchev–Trinajstić information content (AvgIpc) is 2.34. The normalized spacial score (nSPS) is 20.0. The smallest absolute Gasteiger partial charge is 0.257 e. The fraction of sp³-hybridized carbons (Fsp3) is 0.714. The molecule has 21 heavy (non-hydrogen) atoms. The number of nitrogens with two attached hydrogens (primary N) is 1. The van der Waals surface area contributed by atoms with E-state index >= 15 is 0 Å². The van der Waals surface area contributed by atoms with Crippen molar-refractivity contribution in [2.24, 2.45) is 11.3 Å². The number of hydrogen-bond donors (Lipinski definition) is 3. The lowest BCUT2D eigenvalue weighted by atomic mass is 9.78. The molecule has 1 aliphatic rings. The summed E-state index contributed by atoms with van der Waals surface area (Å²) in [5.74, 6) is 1.02. The summed E-state index contributed by atoms with van der Waals surface area (Å²) in [6.45, 7) is 11.6. The van der Waals surface area contributed by atoms with Crippen LogP contribution >= 0.6 is 0 Å². The van der Waals surface area contributed by atoms with E-state index in [0.29, 0.717) is 17.8 Å². The standard InChI is InChI=1S/C14H25N4O2Si/c1-14(2,3)10(20-21(4)5)8-6-9-11(16-7-8)17-13(15)18-12(9)19/h8,10H,6-7H2,1-5H3,(H4,15,16,17,18,19). The van der Waals surface area contributed by atoms with Gasteiger partial charge in [0, 0.05) is 12.5 Å². The van der Waals surface area contributed by atoms with Crippen LogP contribution < -0.4 is 16.6 Å². The van der Waals surface area contributed by atoms with Gasteiger partial charge in [0.15, 0.2) is 0 Å². The molecule has 1 aromatic heterocycles. The van der Waals surface area contributed by atoms with Crippen molar-refractivity contribution in [1.29, 1.82) is 0 Å². The molecule has 2 rings (SSSR count). The van der Waals surface area contributed by atoms with Gasteiger partial charge in [-0.15, -0.1) is 0 Å². The maximum Gasteiger partial charge on any atom is 0.257 e. The van der Waals surface area contributed by atoms with E-state index in [2.05, 4.69) is 49.1 Å². The summed E-state index contributed by atoms with van der Waals surface area (Å²) in [6, 6.07) is 0. The molecule has 0 saturated carbocycles. The van der Waals surface area contributed by atoms with Crippen molar-refractivity contribution in [2.75, 3.05) is 17.6 Å². The molecule has 0 aliphatic carbocycles. The molecule has 0 bridgehead atoms. The monoisotopic (exact) mass is 309 g/mol. The molecule has 1 aliphatic heterocycles. The molecule has 2 heterocycles. The summed E-state index contributed by atoms with van der Waals surface area (Å²) in [7, 11) is -0.807. The predicted molar refractivity (Wildman–Crippen MR) is 86.8 cm³/mol. The molecule has 2 unspecified atom stereocenters. The van der Waals surface area contributed by atoms with Crippen LogP contribution in [0.25, 0.3) is 0 Å². The first kappa shape index (κ1) is 16.0. The van der Waals surface area contributed by atoms with Crippen LogP contribution in [-0.2, 0) is 10.8 Å². The summed E-state index contributed by atoms with van der Waals surface area (Å²) in [6.07, 6.45) is 0.779. The second-order valence-corrected chi connectivity index (χ2v) is 8.99. The average molecular weight is 309 g/mol. The van der Waals surface area contributed by atoms with E-state index in [9.17, 15) is 4.79 Å². The first-order valence-electron chi connectivity index (χ1n) is 7.28. The van der Waals surface area contributed by atoms with Crippen molar-refractivity contribution in [3.8, 4) is 0 Å². The highest BCUT2D eigenvalue weighted by Gasteiger charge is 2.36. The Balaban J connectivity index is 2.28. The van der Waals surface area contributed by atoms with Crippen LogP contribution in [0.15, 0.2) is 4.79 Å². The molecule has 0 amide bonds. The molecular weight excluding hydrogens is 284 g/mol. The highest BCUT2D eigenvalue weighted by atomic mass is 28.3. The van der Waals surface area contributed by atoms with Gasteiger partial charge in [-0.25, -0.2) is 0 Å². The number of nitrogen functional groups attached to an aromatic ring is 1. The minimum atomic E-state index is -0.807. The van der Waals surface area contributed by atoms with E-state index in [1.807, 2.05) is 0 Å². The van der Waals surface area contributed by atoms with Crippen molar-refractivity contribution in [3.63, 3.8) is 0 Å². The highest BCUT2D eigenvalue weighted by Crippen LogP contribution is 2.33. The van der Waals surface area contributed by atoms with Gasteiger partial charge in [-0.3, -0.25) is 9.78 Å². The quantitative estimate of drug-likeness (QED) is 0.738. The molecule has 0 saturated heterocycles. The second-order valence-electron chi connectivity index (χ2n) is 6.94. The Kier molecular flexibility index (Phi) is 4.43. The fourth-order valence-electron chi connectivity index (χ4n) is 2.86. The Morgan fingerprint density at radius 3 is 2.67 bits per heavy atom. The maximum absolute atomic E-state index is 12.1. The summed E-state index contributed by atoms with van der Waals surface area (Å²) in [5.41, 5.74) is 6.14. The van der Waals surface area contributed by atoms with Crippen LogP contribution in [0.3, 0.4) is 0 Å². The van der Waals surface area contributed by atoms with Gasteiger partial charge in [-0.05, 0) is 24.9 Å². The van der Waals surface area contributed by atoms with Crippen LogP contribution in [0.5, 0.6) is 0 Å². The van der Waals surface area contributed by atoms with Crippen LogP contribution in [0, 0.1) is 11.3 Å². The Bertz CT molecular complexity index is 565. The Morgan fingerprint density at radius 2 is 2.10 bits per heavy atom. The molecule has 1 aromatic rings. The molecule has 0 aromatic carbocycles. The number of fused-ring (bicyclic) bond motifs is 1. The minimum Gasteiger partial charge on any atom is -0.413 e. The number of anilines is 2. The molecular formula is C14H25N4O2Si. The number of hydrogen-bond acceptors (Lipinski definition) is 5.